The van der Waals surface area contributed by atoms with Crippen LogP contribution in [-0.4, -0.2) is 41.3 Å². The van der Waals surface area contributed by atoms with Crippen LogP contribution in [-0.2, 0) is 4.74 Å². The second kappa shape index (κ2) is 4.69. The topological polar surface area (TPSA) is 51.1 Å². The molecule has 0 amide bonds. The van der Waals surface area contributed by atoms with Crippen LogP contribution in [0.5, 0.6) is 0 Å². The second-order valence-corrected chi connectivity index (χ2v) is 4.77. The molecule has 1 aliphatic rings. The van der Waals surface area contributed by atoms with Gasteiger partial charge in [-0.05, 0) is 6.07 Å². The Kier molecular flexibility index (Phi) is 3.06. The summed E-state index contributed by atoms with van der Waals surface area (Å²) in [6, 6.07) is 1.97. The number of hydrogen-bond acceptors (Lipinski definition) is 5. The smallest absolute Gasteiger partial charge is 0.193 e. The Bertz CT molecular complexity index is 542. The summed E-state index contributed by atoms with van der Waals surface area (Å²) in [5.74, 6) is 0.991. The van der Waals surface area contributed by atoms with Gasteiger partial charge in [-0.3, -0.25) is 4.98 Å². The van der Waals surface area contributed by atoms with Gasteiger partial charge >= 0.3 is 0 Å². The minimum atomic E-state index is 0.754. The number of hydrogen-bond donors (Lipinski definition) is 0. The molecule has 3 heterocycles. The molecule has 0 aliphatic carbocycles. The number of ether oxygens (including phenoxy) is 1. The molecule has 0 radical (unpaired) electrons. The van der Waals surface area contributed by atoms with E-state index in [1.807, 2.05) is 6.07 Å². The van der Waals surface area contributed by atoms with Crippen molar-refractivity contribution in [3.63, 3.8) is 0 Å². The van der Waals surface area contributed by atoms with Crippen molar-refractivity contribution in [3.8, 4) is 0 Å². The Balaban J connectivity index is 2.13. The van der Waals surface area contributed by atoms with Gasteiger partial charge in [0, 0.05) is 47.3 Å². The van der Waals surface area contributed by atoms with Crippen molar-refractivity contribution in [2.45, 2.75) is 0 Å². The average molecular weight is 342 g/mol. The van der Waals surface area contributed by atoms with E-state index in [0.717, 1.165) is 46.9 Å². The van der Waals surface area contributed by atoms with Crippen molar-refractivity contribution in [1.29, 1.82) is 0 Å². The van der Waals surface area contributed by atoms with Gasteiger partial charge in [-0.25, -0.2) is 9.97 Å². The molecule has 0 unspecified atom stereocenters. The summed E-state index contributed by atoms with van der Waals surface area (Å²) in [7, 11) is 0. The highest BCUT2D eigenvalue weighted by Crippen LogP contribution is 2.24. The number of anilines is 1. The first-order chi connectivity index (χ1) is 8.34. The minimum absolute atomic E-state index is 0.754. The van der Waals surface area contributed by atoms with Crippen molar-refractivity contribution in [2.75, 3.05) is 31.2 Å². The highest BCUT2D eigenvalue weighted by molar-refractivity contribution is 14.1. The Morgan fingerprint density at radius 3 is 2.88 bits per heavy atom. The Morgan fingerprint density at radius 1 is 1.24 bits per heavy atom. The van der Waals surface area contributed by atoms with Gasteiger partial charge < -0.3 is 9.64 Å². The Hall–Kier alpha value is -1.02. The molecule has 3 rings (SSSR count). The van der Waals surface area contributed by atoms with Crippen LogP contribution in [0, 0.1) is 3.83 Å². The van der Waals surface area contributed by atoms with E-state index in [4.69, 9.17) is 4.74 Å². The van der Waals surface area contributed by atoms with Crippen LogP contribution < -0.4 is 4.90 Å². The van der Waals surface area contributed by atoms with Crippen LogP contribution in [0.25, 0.3) is 10.9 Å². The van der Waals surface area contributed by atoms with Crippen LogP contribution >= 0.6 is 22.6 Å². The normalized spacial score (nSPS) is 16.4. The van der Waals surface area contributed by atoms with Crippen LogP contribution in [0.15, 0.2) is 18.5 Å². The maximum atomic E-state index is 5.36. The third-order valence-electron chi connectivity index (χ3n) is 2.76. The van der Waals surface area contributed by atoms with Gasteiger partial charge in [0.1, 0.15) is 5.82 Å². The molecule has 1 aliphatic heterocycles. The molecular formula is C11H11IN4O. The van der Waals surface area contributed by atoms with Gasteiger partial charge in [0.2, 0.25) is 0 Å². The first-order valence-corrected chi connectivity index (χ1v) is 6.52. The fourth-order valence-electron chi connectivity index (χ4n) is 1.95. The number of fused-ring (bicyclic) bond motifs is 1. The molecule has 6 heteroatoms. The van der Waals surface area contributed by atoms with Crippen LogP contribution in [0.2, 0.25) is 0 Å². The molecule has 0 spiro atoms. The highest BCUT2D eigenvalue weighted by atomic mass is 127. The predicted molar refractivity (Wildman–Crippen MR) is 73.1 cm³/mol. The van der Waals surface area contributed by atoms with E-state index in [-0.39, 0.29) is 0 Å². The van der Waals surface area contributed by atoms with E-state index >= 15 is 0 Å². The minimum Gasteiger partial charge on any atom is -0.378 e. The molecule has 0 saturated carbocycles. The lowest BCUT2D eigenvalue weighted by atomic mass is 10.2. The average Bonchev–Trinajstić information content (AvgIpc) is 2.39. The lowest BCUT2D eigenvalue weighted by Gasteiger charge is -2.28. The third kappa shape index (κ3) is 2.19. The van der Waals surface area contributed by atoms with E-state index in [1.165, 1.54) is 0 Å². The monoisotopic (exact) mass is 342 g/mol. The summed E-state index contributed by atoms with van der Waals surface area (Å²) in [6.07, 6.45) is 3.56. The molecule has 17 heavy (non-hydrogen) atoms. The van der Waals surface area contributed by atoms with Crippen LogP contribution in [0.3, 0.4) is 0 Å². The van der Waals surface area contributed by atoms with E-state index in [9.17, 15) is 0 Å². The van der Waals surface area contributed by atoms with Crippen LogP contribution in [0.1, 0.15) is 0 Å². The molecule has 2 aromatic heterocycles. The molecule has 1 saturated heterocycles. The molecule has 0 atom stereocenters. The maximum absolute atomic E-state index is 5.36. The number of aromatic nitrogens is 3. The van der Waals surface area contributed by atoms with Gasteiger partial charge in [0.25, 0.3) is 0 Å². The zero-order chi connectivity index (χ0) is 11.7. The molecular weight excluding hydrogens is 331 g/mol. The number of morpholine rings is 1. The SMILES string of the molecule is Ic1nc(N2CCOCC2)c2ccncc2n1. The Labute approximate surface area is 112 Å². The van der Waals surface area contributed by atoms with Crippen LogP contribution in [0.4, 0.5) is 5.82 Å². The number of pyridine rings is 1. The Morgan fingerprint density at radius 2 is 2.06 bits per heavy atom. The molecule has 0 aromatic carbocycles. The number of halogens is 1. The van der Waals surface area contributed by atoms with E-state index in [1.54, 1.807) is 12.4 Å². The predicted octanol–water partition coefficient (Wildman–Crippen LogP) is 1.47. The summed E-state index contributed by atoms with van der Waals surface area (Å²) in [6.45, 7) is 3.27. The second-order valence-electron chi connectivity index (χ2n) is 3.81. The van der Waals surface area contributed by atoms with Crippen molar-refractivity contribution >= 4 is 39.3 Å². The summed E-state index contributed by atoms with van der Waals surface area (Å²) in [5, 5.41) is 1.06. The van der Waals surface area contributed by atoms with E-state index in [2.05, 4.69) is 42.4 Å². The third-order valence-corrected chi connectivity index (χ3v) is 3.24. The van der Waals surface area contributed by atoms with Crippen molar-refractivity contribution in [1.82, 2.24) is 15.0 Å². The van der Waals surface area contributed by atoms with Gasteiger partial charge in [-0.15, -0.1) is 0 Å². The maximum Gasteiger partial charge on any atom is 0.193 e. The first kappa shape index (κ1) is 11.1. The largest absolute Gasteiger partial charge is 0.378 e. The zero-order valence-corrected chi connectivity index (χ0v) is 11.3. The fourth-order valence-corrected chi connectivity index (χ4v) is 2.44. The summed E-state index contributed by atoms with van der Waals surface area (Å²) >= 11 is 2.14. The van der Waals surface area contributed by atoms with E-state index < -0.39 is 0 Å². The van der Waals surface area contributed by atoms with E-state index in [0.29, 0.717) is 0 Å². The molecule has 1 fully saturated rings. The first-order valence-electron chi connectivity index (χ1n) is 5.44. The quantitative estimate of drug-likeness (QED) is 0.580. The molecule has 0 N–H and O–H groups in total. The standard InChI is InChI=1S/C11H11IN4O/c12-11-14-9-7-13-2-1-8(9)10(15-11)16-3-5-17-6-4-16/h1-2,7H,3-6H2. The van der Waals surface area contributed by atoms with Crippen molar-refractivity contribution in [3.05, 3.63) is 22.3 Å². The van der Waals surface area contributed by atoms with Crippen molar-refractivity contribution < 1.29 is 4.74 Å². The zero-order valence-electron chi connectivity index (χ0n) is 9.14. The lowest BCUT2D eigenvalue weighted by Crippen LogP contribution is -2.37. The van der Waals surface area contributed by atoms with Gasteiger partial charge in [0.05, 0.1) is 24.9 Å². The van der Waals surface area contributed by atoms with Gasteiger partial charge in [-0.1, -0.05) is 0 Å². The molecule has 88 valence electrons. The highest BCUT2D eigenvalue weighted by Gasteiger charge is 2.16. The lowest BCUT2D eigenvalue weighted by molar-refractivity contribution is 0.122. The van der Waals surface area contributed by atoms with Crippen molar-refractivity contribution in [2.24, 2.45) is 0 Å². The fraction of sp³-hybridized carbons (Fsp3) is 0.364. The van der Waals surface area contributed by atoms with Gasteiger partial charge in [0.15, 0.2) is 3.83 Å². The number of nitrogens with zero attached hydrogens (tertiary/aromatic N) is 4. The number of rotatable bonds is 1. The summed E-state index contributed by atoms with van der Waals surface area (Å²) < 4.78 is 6.12. The molecule has 2 aromatic rings. The van der Waals surface area contributed by atoms with Gasteiger partial charge in [-0.2, -0.15) is 0 Å². The molecule has 0 bridgehead atoms. The molecule has 5 nitrogen and oxygen atoms in total. The summed E-state index contributed by atoms with van der Waals surface area (Å²) in [5.41, 5.74) is 0.897. The summed E-state index contributed by atoms with van der Waals surface area (Å²) in [4.78, 5) is 15.3.